The van der Waals surface area contributed by atoms with Crippen molar-refractivity contribution in [1.82, 2.24) is 20.2 Å². The third-order valence-corrected chi connectivity index (χ3v) is 5.34. The summed E-state index contributed by atoms with van der Waals surface area (Å²) in [5.41, 5.74) is 3.45. The van der Waals surface area contributed by atoms with E-state index >= 15 is 0 Å². The molecular weight excluding hydrogens is 368 g/mol. The highest BCUT2D eigenvalue weighted by Gasteiger charge is 2.41. The highest BCUT2D eigenvalue weighted by atomic mass is 15.6. The fourth-order valence-corrected chi connectivity index (χ4v) is 4.03. The summed E-state index contributed by atoms with van der Waals surface area (Å²) in [6.45, 7) is 0. The smallest absolute Gasteiger partial charge is 0.183 e. The van der Waals surface area contributed by atoms with E-state index in [9.17, 15) is 0 Å². The molecule has 5 rings (SSSR count). The molecule has 0 bridgehead atoms. The number of hydrogen-bond acceptors (Lipinski definition) is 3. The Labute approximate surface area is 175 Å². The lowest BCUT2D eigenvalue weighted by atomic mass is 9.77. The zero-order chi connectivity index (χ0) is 20.2. The molecule has 30 heavy (non-hydrogen) atoms. The molecule has 0 aliphatic rings. The van der Waals surface area contributed by atoms with Gasteiger partial charge in [0.2, 0.25) is 0 Å². The molecule has 0 N–H and O–H groups in total. The minimum Gasteiger partial charge on any atom is -0.206 e. The zero-order valence-corrected chi connectivity index (χ0v) is 16.3. The van der Waals surface area contributed by atoms with Gasteiger partial charge in [-0.15, -0.1) is 5.10 Å². The van der Waals surface area contributed by atoms with Gasteiger partial charge in [0.05, 0.1) is 0 Å². The van der Waals surface area contributed by atoms with E-state index < -0.39 is 5.54 Å². The Bertz CT molecular complexity index is 1120. The van der Waals surface area contributed by atoms with E-state index in [1.165, 1.54) is 0 Å². The van der Waals surface area contributed by atoms with Crippen LogP contribution in [0.25, 0.3) is 11.4 Å². The maximum atomic E-state index is 4.54. The second kappa shape index (κ2) is 7.76. The number of rotatable bonds is 5. The van der Waals surface area contributed by atoms with Crippen molar-refractivity contribution in [3.8, 4) is 11.4 Å². The zero-order valence-electron chi connectivity index (χ0n) is 16.3. The molecule has 4 nitrogen and oxygen atoms in total. The first-order chi connectivity index (χ1) is 14.9. The summed E-state index contributed by atoms with van der Waals surface area (Å²) in [5, 5.41) is 13.1. The molecule has 1 heterocycles. The number of tetrazole rings is 1. The lowest BCUT2D eigenvalue weighted by Gasteiger charge is -2.36. The first-order valence-corrected chi connectivity index (χ1v) is 9.82. The van der Waals surface area contributed by atoms with Crippen LogP contribution in [-0.4, -0.2) is 20.2 Å². The minimum absolute atomic E-state index is 0.695. The quantitative estimate of drug-likeness (QED) is 0.400. The average molecular weight is 387 g/mol. The van der Waals surface area contributed by atoms with Gasteiger partial charge >= 0.3 is 0 Å². The van der Waals surface area contributed by atoms with Crippen molar-refractivity contribution in [3.05, 3.63) is 138 Å². The van der Waals surface area contributed by atoms with Gasteiger partial charge in [0.15, 0.2) is 5.82 Å². The standard InChI is InChI=1S/C26H19N4/c1-5-13-21(14-6-1)25-27-28-29-30(25)26(22-15-7-2-8-16-22,23-17-9-3-10-18-23)24-19-11-4-12-20-24/h2-20H. The molecular formula is C26H19N4. The number of nitrogens with zero attached hydrogens (tertiary/aromatic N) is 4. The van der Waals surface area contributed by atoms with Crippen LogP contribution < -0.4 is 0 Å². The summed E-state index contributed by atoms with van der Waals surface area (Å²) in [6.07, 6.45) is 0. The summed E-state index contributed by atoms with van der Waals surface area (Å²) in [6, 6.07) is 42.0. The van der Waals surface area contributed by atoms with Gasteiger partial charge in [-0.1, -0.05) is 115 Å². The van der Waals surface area contributed by atoms with Crippen LogP contribution in [0.15, 0.2) is 115 Å². The van der Waals surface area contributed by atoms with E-state index in [0.717, 1.165) is 22.3 Å². The predicted molar refractivity (Wildman–Crippen MR) is 117 cm³/mol. The second-order valence-corrected chi connectivity index (χ2v) is 7.01. The van der Waals surface area contributed by atoms with Crippen LogP contribution >= 0.6 is 0 Å². The summed E-state index contributed by atoms with van der Waals surface area (Å²) in [5.74, 6) is 0.695. The molecule has 0 spiro atoms. The van der Waals surface area contributed by atoms with Crippen molar-refractivity contribution >= 4 is 0 Å². The predicted octanol–water partition coefficient (Wildman–Crippen LogP) is 4.98. The summed E-state index contributed by atoms with van der Waals surface area (Å²) in [4.78, 5) is 0. The van der Waals surface area contributed by atoms with E-state index in [1.807, 2.05) is 47.1 Å². The fourth-order valence-electron chi connectivity index (χ4n) is 4.03. The van der Waals surface area contributed by atoms with Crippen LogP contribution in [0.3, 0.4) is 0 Å². The van der Waals surface area contributed by atoms with E-state index in [0.29, 0.717) is 5.82 Å². The Morgan fingerprint density at radius 3 is 1.53 bits per heavy atom. The third-order valence-electron chi connectivity index (χ3n) is 5.34. The van der Waals surface area contributed by atoms with E-state index in [-0.39, 0.29) is 0 Å². The van der Waals surface area contributed by atoms with Crippen molar-refractivity contribution in [1.29, 1.82) is 0 Å². The minimum atomic E-state index is -0.734. The molecule has 5 aromatic rings. The summed E-state index contributed by atoms with van der Waals surface area (Å²) < 4.78 is 1.93. The largest absolute Gasteiger partial charge is 0.206 e. The monoisotopic (exact) mass is 387 g/mol. The van der Waals surface area contributed by atoms with Crippen LogP contribution in [0.4, 0.5) is 0 Å². The maximum absolute atomic E-state index is 4.54. The fraction of sp³-hybridized carbons (Fsp3) is 0.0385. The Morgan fingerprint density at radius 2 is 1.07 bits per heavy atom. The Kier molecular flexibility index (Phi) is 4.66. The molecule has 0 saturated carbocycles. The van der Waals surface area contributed by atoms with Gasteiger partial charge in [-0.25, -0.2) is 4.68 Å². The first-order valence-electron chi connectivity index (χ1n) is 9.82. The van der Waals surface area contributed by atoms with Gasteiger partial charge in [0, 0.05) is 5.56 Å². The Morgan fingerprint density at radius 1 is 0.600 bits per heavy atom. The van der Waals surface area contributed by atoms with Gasteiger partial charge in [-0.05, 0) is 33.2 Å². The lowest BCUT2D eigenvalue weighted by Crippen LogP contribution is -2.39. The lowest BCUT2D eigenvalue weighted by molar-refractivity contribution is 0.451. The summed E-state index contributed by atoms with van der Waals surface area (Å²) >= 11 is 0. The van der Waals surface area contributed by atoms with Gasteiger partial charge in [-0.2, -0.15) is 0 Å². The van der Waals surface area contributed by atoms with Gasteiger partial charge < -0.3 is 0 Å². The normalized spacial score (nSPS) is 11.3. The van der Waals surface area contributed by atoms with Crippen LogP contribution in [-0.2, 0) is 5.54 Å². The van der Waals surface area contributed by atoms with Crippen LogP contribution in [0.2, 0.25) is 0 Å². The molecule has 0 saturated heterocycles. The summed E-state index contributed by atoms with van der Waals surface area (Å²) in [7, 11) is 0. The molecule has 1 radical (unpaired) electrons. The third kappa shape index (κ3) is 2.90. The van der Waals surface area contributed by atoms with Crippen molar-refractivity contribution in [3.63, 3.8) is 0 Å². The van der Waals surface area contributed by atoms with Crippen LogP contribution in [0.1, 0.15) is 16.7 Å². The van der Waals surface area contributed by atoms with E-state index in [4.69, 9.17) is 0 Å². The van der Waals surface area contributed by atoms with Crippen molar-refractivity contribution in [2.24, 2.45) is 0 Å². The SMILES string of the molecule is [c]1ccc(-c2nnnn2C(c2ccccc2)(c2ccccc2)c2ccccc2)cc1. The van der Waals surface area contributed by atoms with Gasteiger partial charge in [-0.3, -0.25) is 0 Å². The average Bonchev–Trinajstić information content (AvgIpc) is 3.33. The van der Waals surface area contributed by atoms with Crippen molar-refractivity contribution in [2.45, 2.75) is 5.54 Å². The molecule has 0 aliphatic heterocycles. The molecule has 0 unspecified atom stereocenters. The van der Waals surface area contributed by atoms with E-state index in [2.05, 4.69) is 94.4 Å². The molecule has 0 atom stereocenters. The van der Waals surface area contributed by atoms with E-state index in [1.54, 1.807) is 0 Å². The molecule has 4 heteroatoms. The molecule has 143 valence electrons. The Hall–Kier alpha value is -4.05. The van der Waals surface area contributed by atoms with Gasteiger partial charge in [0.25, 0.3) is 0 Å². The highest BCUT2D eigenvalue weighted by molar-refractivity contribution is 5.59. The first kappa shape index (κ1) is 18.0. The van der Waals surface area contributed by atoms with Gasteiger partial charge in [0.1, 0.15) is 5.54 Å². The Balaban J connectivity index is 1.91. The highest BCUT2D eigenvalue weighted by Crippen LogP contribution is 2.41. The molecule has 0 fully saturated rings. The molecule has 1 aromatic heterocycles. The maximum Gasteiger partial charge on any atom is 0.183 e. The topological polar surface area (TPSA) is 43.6 Å². The number of benzene rings is 4. The van der Waals surface area contributed by atoms with Crippen molar-refractivity contribution < 1.29 is 0 Å². The van der Waals surface area contributed by atoms with Crippen LogP contribution in [0, 0.1) is 6.07 Å². The molecule has 0 amide bonds. The molecule has 4 aromatic carbocycles. The van der Waals surface area contributed by atoms with Crippen molar-refractivity contribution in [2.75, 3.05) is 0 Å². The molecule has 0 aliphatic carbocycles. The second-order valence-electron chi connectivity index (χ2n) is 7.01. The number of aromatic nitrogens is 4. The van der Waals surface area contributed by atoms with Crippen LogP contribution in [0.5, 0.6) is 0 Å². The number of hydrogen-bond donors (Lipinski definition) is 0.